The van der Waals surface area contributed by atoms with Gasteiger partial charge in [-0.1, -0.05) is 5.21 Å². The van der Waals surface area contributed by atoms with Crippen LogP contribution in [-0.4, -0.2) is 28.1 Å². The van der Waals surface area contributed by atoms with Gasteiger partial charge in [0.15, 0.2) is 0 Å². The topological polar surface area (TPSA) is 52.0 Å². The molecule has 2 aromatic rings. The van der Waals surface area contributed by atoms with Crippen molar-refractivity contribution in [2.75, 3.05) is 7.11 Å². The number of nitrogens with one attached hydrogen (secondary N) is 1. The van der Waals surface area contributed by atoms with Crippen molar-refractivity contribution in [3.8, 4) is 11.4 Å². The van der Waals surface area contributed by atoms with Crippen LogP contribution in [-0.2, 0) is 6.54 Å². The Morgan fingerprint density at radius 3 is 3.05 bits per heavy atom. The van der Waals surface area contributed by atoms with Crippen molar-refractivity contribution in [2.24, 2.45) is 0 Å². The summed E-state index contributed by atoms with van der Waals surface area (Å²) in [6, 6.07) is 6.55. The molecule has 1 aliphatic rings. The minimum atomic E-state index is 0.669. The number of hydrogen-bond donors (Lipinski definition) is 1. The minimum Gasteiger partial charge on any atom is -0.495 e. The van der Waals surface area contributed by atoms with E-state index in [1.54, 1.807) is 13.3 Å². The van der Waals surface area contributed by atoms with Crippen LogP contribution in [0.2, 0.25) is 0 Å². The predicted molar refractivity (Wildman–Crippen MR) is 75.5 cm³/mol. The molecule has 1 saturated carbocycles. The molecule has 0 saturated heterocycles. The lowest BCUT2D eigenvalue weighted by atomic mass is 10.3. The van der Waals surface area contributed by atoms with Crippen LogP contribution >= 0.6 is 15.9 Å². The van der Waals surface area contributed by atoms with Crippen LogP contribution in [0.15, 0.2) is 28.9 Å². The van der Waals surface area contributed by atoms with Crippen molar-refractivity contribution in [3.05, 3.63) is 34.6 Å². The van der Waals surface area contributed by atoms with Gasteiger partial charge in [-0.05, 0) is 40.9 Å². The second-order valence-corrected chi connectivity index (χ2v) is 5.47. The summed E-state index contributed by atoms with van der Waals surface area (Å²) in [5.74, 6) is 0.786. The van der Waals surface area contributed by atoms with Gasteiger partial charge in [-0.25, -0.2) is 4.68 Å². The Morgan fingerprint density at radius 2 is 2.32 bits per heavy atom. The Bertz CT molecular complexity index is 580. The van der Waals surface area contributed by atoms with E-state index >= 15 is 0 Å². The van der Waals surface area contributed by atoms with Crippen molar-refractivity contribution >= 4 is 15.9 Å². The zero-order chi connectivity index (χ0) is 13.2. The molecule has 100 valence electrons. The first kappa shape index (κ1) is 12.6. The van der Waals surface area contributed by atoms with Gasteiger partial charge in [0.05, 0.1) is 29.2 Å². The van der Waals surface area contributed by atoms with Crippen LogP contribution in [0.25, 0.3) is 5.69 Å². The van der Waals surface area contributed by atoms with Crippen LogP contribution in [0.3, 0.4) is 0 Å². The predicted octanol–water partition coefficient (Wildman–Crippen LogP) is 2.29. The maximum Gasteiger partial charge on any atom is 0.135 e. The van der Waals surface area contributed by atoms with E-state index in [9.17, 15) is 0 Å². The van der Waals surface area contributed by atoms with Gasteiger partial charge < -0.3 is 10.1 Å². The van der Waals surface area contributed by atoms with Crippen molar-refractivity contribution in [1.82, 2.24) is 20.3 Å². The molecule has 0 radical (unpaired) electrons. The summed E-state index contributed by atoms with van der Waals surface area (Å²) in [6.45, 7) is 0.788. The number of aromatic nitrogens is 3. The average molecular weight is 323 g/mol. The highest BCUT2D eigenvalue weighted by Gasteiger charge is 2.21. The van der Waals surface area contributed by atoms with Crippen molar-refractivity contribution < 1.29 is 4.74 Å². The number of hydrogen-bond acceptors (Lipinski definition) is 4. The Hall–Kier alpha value is -1.40. The summed E-state index contributed by atoms with van der Waals surface area (Å²) < 4.78 is 8.07. The van der Waals surface area contributed by atoms with Gasteiger partial charge in [0.25, 0.3) is 0 Å². The van der Waals surface area contributed by atoms with E-state index < -0.39 is 0 Å². The SMILES string of the molecule is COc1cc(-n2nncc2CNC2CC2)ccc1Br. The molecule has 1 aliphatic carbocycles. The first-order valence-electron chi connectivity index (χ1n) is 6.25. The molecule has 1 aromatic heterocycles. The number of halogens is 1. The molecule has 5 nitrogen and oxygen atoms in total. The van der Waals surface area contributed by atoms with E-state index in [0.29, 0.717) is 6.04 Å². The average Bonchev–Trinajstić information content (AvgIpc) is 3.14. The molecular formula is C13H15BrN4O. The van der Waals surface area contributed by atoms with Gasteiger partial charge >= 0.3 is 0 Å². The zero-order valence-corrected chi connectivity index (χ0v) is 12.2. The fourth-order valence-electron chi connectivity index (χ4n) is 1.91. The van der Waals surface area contributed by atoms with Crippen molar-refractivity contribution in [3.63, 3.8) is 0 Å². The first-order chi connectivity index (χ1) is 9.28. The van der Waals surface area contributed by atoms with Gasteiger partial charge in [-0.3, -0.25) is 0 Å². The molecule has 1 aromatic carbocycles. The molecule has 1 N–H and O–H groups in total. The van der Waals surface area contributed by atoms with Crippen molar-refractivity contribution in [1.29, 1.82) is 0 Å². The minimum absolute atomic E-state index is 0.669. The number of ether oxygens (including phenoxy) is 1. The van der Waals surface area contributed by atoms with E-state index in [1.165, 1.54) is 12.8 Å². The summed E-state index contributed by atoms with van der Waals surface area (Å²) in [7, 11) is 1.65. The molecule has 0 amide bonds. The van der Waals surface area contributed by atoms with Gasteiger partial charge in [0, 0.05) is 18.7 Å². The first-order valence-corrected chi connectivity index (χ1v) is 7.04. The third-order valence-electron chi connectivity index (χ3n) is 3.15. The third-order valence-corrected chi connectivity index (χ3v) is 3.80. The highest BCUT2D eigenvalue weighted by molar-refractivity contribution is 9.10. The van der Waals surface area contributed by atoms with E-state index in [4.69, 9.17) is 4.74 Å². The van der Waals surface area contributed by atoms with Crippen LogP contribution in [0.4, 0.5) is 0 Å². The Balaban J connectivity index is 1.86. The lowest BCUT2D eigenvalue weighted by Crippen LogP contribution is -2.18. The van der Waals surface area contributed by atoms with E-state index in [1.807, 2.05) is 22.9 Å². The van der Waals surface area contributed by atoms with E-state index in [2.05, 4.69) is 31.6 Å². The second-order valence-electron chi connectivity index (χ2n) is 4.61. The van der Waals surface area contributed by atoms with Gasteiger partial charge in [-0.2, -0.15) is 0 Å². The molecule has 0 aliphatic heterocycles. The number of rotatable bonds is 5. The summed E-state index contributed by atoms with van der Waals surface area (Å²) in [5.41, 5.74) is 2.00. The fraction of sp³-hybridized carbons (Fsp3) is 0.385. The monoisotopic (exact) mass is 322 g/mol. The van der Waals surface area contributed by atoms with E-state index in [-0.39, 0.29) is 0 Å². The maximum atomic E-state index is 5.31. The lowest BCUT2D eigenvalue weighted by Gasteiger charge is -2.09. The lowest BCUT2D eigenvalue weighted by molar-refractivity contribution is 0.411. The molecule has 0 unspecified atom stereocenters. The second kappa shape index (κ2) is 5.30. The van der Waals surface area contributed by atoms with Crippen molar-refractivity contribution in [2.45, 2.75) is 25.4 Å². The summed E-state index contributed by atoms with van der Waals surface area (Å²) >= 11 is 3.45. The Morgan fingerprint density at radius 1 is 1.47 bits per heavy atom. The number of benzene rings is 1. The molecular weight excluding hydrogens is 308 g/mol. The van der Waals surface area contributed by atoms with Crippen LogP contribution in [0.5, 0.6) is 5.75 Å². The summed E-state index contributed by atoms with van der Waals surface area (Å²) in [5, 5.41) is 11.6. The van der Waals surface area contributed by atoms with Crippen LogP contribution in [0.1, 0.15) is 18.5 Å². The Kier molecular flexibility index (Phi) is 3.52. The van der Waals surface area contributed by atoms with Gasteiger partial charge in [0.2, 0.25) is 0 Å². The third kappa shape index (κ3) is 2.79. The zero-order valence-electron chi connectivity index (χ0n) is 10.6. The molecule has 1 fully saturated rings. The summed E-state index contributed by atoms with van der Waals surface area (Å²) in [4.78, 5) is 0. The van der Waals surface area contributed by atoms with E-state index in [0.717, 1.165) is 28.1 Å². The van der Waals surface area contributed by atoms with Crippen LogP contribution < -0.4 is 10.1 Å². The molecule has 0 spiro atoms. The Labute approximate surface area is 120 Å². The highest BCUT2D eigenvalue weighted by Crippen LogP contribution is 2.27. The largest absolute Gasteiger partial charge is 0.495 e. The smallest absolute Gasteiger partial charge is 0.135 e. The molecule has 0 atom stereocenters. The highest BCUT2D eigenvalue weighted by atomic mass is 79.9. The normalized spacial score (nSPS) is 14.6. The fourth-order valence-corrected chi connectivity index (χ4v) is 2.32. The molecule has 6 heteroatoms. The number of nitrogens with zero attached hydrogens (tertiary/aromatic N) is 3. The summed E-state index contributed by atoms with van der Waals surface area (Å²) in [6.07, 6.45) is 4.34. The molecule has 0 bridgehead atoms. The number of methoxy groups -OCH3 is 1. The standard InChI is InChI=1S/C13H15BrN4O/c1-19-13-6-10(4-5-12(13)14)18-11(8-16-17-18)7-15-9-2-3-9/h4-6,8-9,15H,2-3,7H2,1H3. The molecule has 3 rings (SSSR count). The van der Waals surface area contributed by atoms with Gasteiger partial charge in [0.1, 0.15) is 5.75 Å². The maximum absolute atomic E-state index is 5.31. The van der Waals surface area contributed by atoms with Gasteiger partial charge in [-0.15, -0.1) is 5.10 Å². The molecule has 1 heterocycles. The van der Waals surface area contributed by atoms with Crippen LogP contribution in [0, 0.1) is 0 Å². The molecule has 19 heavy (non-hydrogen) atoms. The quantitative estimate of drug-likeness (QED) is 0.917.